The molecule has 0 saturated heterocycles. The van der Waals surface area contributed by atoms with Crippen LogP contribution in [0.2, 0.25) is 5.02 Å². The molecule has 0 spiro atoms. The summed E-state index contributed by atoms with van der Waals surface area (Å²) < 4.78 is 33.7. The van der Waals surface area contributed by atoms with Gasteiger partial charge >= 0.3 is 0 Å². The Morgan fingerprint density at radius 3 is 2.24 bits per heavy atom. The summed E-state index contributed by atoms with van der Waals surface area (Å²) in [5, 5.41) is 3.25. The van der Waals surface area contributed by atoms with E-state index >= 15 is 0 Å². The van der Waals surface area contributed by atoms with Crippen LogP contribution in [-0.2, 0) is 10.0 Å². The number of carbonyl (C=O) groups excluding carboxylic acids is 1. The highest BCUT2D eigenvalue weighted by atomic mass is 35.5. The highest BCUT2D eigenvalue weighted by Gasteiger charge is 2.15. The minimum absolute atomic E-state index is 0.0640. The quantitative estimate of drug-likeness (QED) is 0.166. The van der Waals surface area contributed by atoms with E-state index in [1.807, 2.05) is 25.1 Å². The number of rotatable bonds is 10. The van der Waals surface area contributed by atoms with Crippen molar-refractivity contribution in [2.75, 3.05) is 22.4 Å². The van der Waals surface area contributed by atoms with E-state index in [9.17, 15) is 13.2 Å². The van der Waals surface area contributed by atoms with Gasteiger partial charge < -0.3 is 10.1 Å². The van der Waals surface area contributed by atoms with Crippen LogP contribution in [0, 0.1) is 6.92 Å². The Kier molecular flexibility index (Phi) is 8.76. The summed E-state index contributed by atoms with van der Waals surface area (Å²) in [4.78, 5) is 13.9. The van der Waals surface area contributed by atoms with E-state index in [1.54, 1.807) is 54.2 Å². The number of nitrogens with one attached hydrogen (secondary N) is 2. The molecule has 0 aliphatic rings. The molecule has 0 fully saturated rings. The Hall–Kier alpha value is -3.46. The van der Waals surface area contributed by atoms with Gasteiger partial charge in [-0.15, -0.1) is 11.8 Å². The summed E-state index contributed by atoms with van der Waals surface area (Å²) >= 11 is 7.80. The monoisotopic (exact) mass is 552 g/mol. The predicted molar refractivity (Wildman–Crippen MR) is 150 cm³/mol. The van der Waals surface area contributed by atoms with Crippen LogP contribution in [0.5, 0.6) is 5.75 Å². The van der Waals surface area contributed by atoms with E-state index in [2.05, 4.69) is 22.2 Å². The van der Waals surface area contributed by atoms with Gasteiger partial charge in [0.2, 0.25) is 0 Å². The third-order valence-electron chi connectivity index (χ3n) is 5.33. The Labute approximate surface area is 226 Å². The molecular formula is C28H25ClN2O4S2. The summed E-state index contributed by atoms with van der Waals surface area (Å²) in [6, 6.07) is 27.9. The second-order valence-corrected chi connectivity index (χ2v) is 11.3. The van der Waals surface area contributed by atoms with Crippen LogP contribution in [0.4, 0.5) is 11.4 Å². The number of hydrogen-bond acceptors (Lipinski definition) is 5. The molecule has 9 heteroatoms. The molecule has 0 heterocycles. The molecule has 0 aromatic heterocycles. The number of amides is 1. The number of hydrogen-bond donors (Lipinski definition) is 2. The van der Waals surface area contributed by atoms with Crippen molar-refractivity contribution in [3.63, 3.8) is 0 Å². The molecule has 0 unspecified atom stereocenters. The van der Waals surface area contributed by atoms with Crippen molar-refractivity contribution in [3.8, 4) is 5.75 Å². The number of anilines is 2. The molecule has 0 radical (unpaired) electrons. The normalized spacial score (nSPS) is 11.1. The summed E-state index contributed by atoms with van der Waals surface area (Å²) in [5.41, 5.74) is 2.15. The minimum atomic E-state index is -3.81. The first-order chi connectivity index (χ1) is 17.8. The van der Waals surface area contributed by atoms with Crippen LogP contribution in [0.25, 0.3) is 0 Å². The zero-order chi connectivity index (χ0) is 26.3. The SMILES string of the molecule is Cc1ccc(NS(=O)(=O)c2ccc(NC(=O)c3ccc(OCCSc4ccccc4)cc3)cc2)cc1Cl. The number of aryl methyl sites for hydroxylation is 1. The van der Waals surface area contributed by atoms with Gasteiger partial charge in [-0.05, 0) is 85.3 Å². The van der Waals surface area contributed by atoms with Crippen LogP contribution in [0.15, 0.2) is 107 Å². The smallest absolute Gasteiger partial charge is 0.261 e. The molecule has 4 aromatic carbocycles. The number of thioether (sulfide) groups is 1. The van der Waals surface area contributed by atoms with Gasteiger partial charge in [0.1, 0.15) is 5.75 Å². The van der Waals surface area contributed by atoms with E-state index < -0.39 is 10.0 Å². The molecule has 2 N–H and O–H groups in total. The van der Waals surface area contributed by atoms with Crippen LogP contribution >= 0.6 is 23.4 Å². The number of sulfonamides is 1. The minimum Gasteiger partial charge on any atom is -0.493 e. The number of benzene rings is 4. The third-order valence-corrected chi connectivity index (χ3v) is 8.11. The Morgan fingerprint density at radius 1 is 0.892 bits per heavy atom. The second-order valence-electron chi connectivity index (χ2n) is 8.08. The van der Waals surface area contributed by atoms with Gasteiger partial charge in [0.05, 0.1) is 17.2 Å². The Balaban J connectivity index is 1.29. The maximum atomic E-state index is 12.7. The van der Waals surface area contributed by atoms with Crippen molar-refractivity contribution in [2.24, 2.45) is 0 Å². The molecule has 0 aliphatic carbocycles. The standard InChI is InChI=1S/C28H25ClN2O4S2/c1-20-7-10-23(19-27(20)29)31-37(33,34)26-15-11-22(12-16-26)30-28(32)21-8-13-24(14-9-21)35-17-18-36-25-5-3-2-4-6-25/h2-16,19,31H,17-18H2,1H3,(H,30,32). The first-order valence-electron chi connectivity index (χ1n) is 11.4. The van der Waals surface area contributed by atoms with Crippen LogP contribution in [0.1, 0.15) is 15.9 Å². The lowest BCUT2D eigenvalue weighted by Gasteiger charge is -2.11. The predicted octanol–water partition coefficient (Wildman–Crippen LogP) is 6.87. The van der Waals surface area contributed by atoms with E-state index in [0.717, 1.165) is 11.3 Å². The summed E-state index contributed by atoms with van der Waals surface area (Å²) in [6.45, 7) is 2.38. The molecule has 0 atom stereocenters. The van der Waals surface area contributed by atoms with E-state index in [0.29, 0.717) is 34.3 Å². The van der Waals surface area contributed by atoms with Gasteiger partial charge in [-0.1, -0.05) is 35.9 Å². The van der Waals surface area contributed by atoms with Crippen molar-refractivity contribution >= 4 is 50.7 Å². The molecule has 0 saturated carbocycles. The van der Waals surface area contributed by atoms with Crippen LogP contribution in [0.3, 0.4) is 0 Å². The average molecular weight is 553 g/mol. The van der Waals surface area contributed by atoms with Gasteiger partial charge in [0.15, 0.2) is 0 Å². The lowest BCUT2D eigenvalue weighted by atomic mass is 10.2. The average Bonchev–Trinajstić information content (AvgIpc) is 2.90. The molecule has 4 rings (SSSR count). The first-order valence-corrected chi connectivity index (χ1v) is 14.3. The van der Waals surface area contributed by atoms with Gasteiger partial charge in [-0.25, -0.2) is 8.42 Å². The van der Waals surface area contributed by atoms with Crippen molar-refractivity contribution < 1.29 is 17.9 Å². The number of halogens is 1. The molecule has 190 valence electrons. The maximum absolute atomic E-state index is 12.7. The first kappa shape index (κ1) is 26.6. The van der Waals surface area contributed by atoms with E-state index in [-0.39, 0.29) is 10.8 Å². The van der Waals surface area contributed by atoms with Crippen molar-refractivity contribution in [3.05, 3.63) is 113 Å². The third kappa shape index (κ3) is 7.52. The van der Waals surface area contributed by atoms with Gasteiger partial charge in [0, 0.05) is 26.9 Å². The summed E-state index contributed by atoms with van der Waals surface area (Å²) in [7, 11) is -3.81. The largest absolute Gasteiger partial charge is 0.493 e. The van der Waals surface area contributed by atoms with Crippen molar-refractivity contribution in [1.82, 2.24) is 0 Å². The fourth-order valence-electron chi connectivity index (χ4n) is 3.33. The van der Waals surface area contributed by atoms with Crippen molar-refractivity contribution in [2.45, 2.75) is 16.7 Å². The number of ether oxygens (including phenoxy) is 1. The molecule has 0 bridgehead atoms. The van der Waals surface area contributed by atoms with Gasteiger partial charge in [-0.2, -0.15) is 0 Å². The molecule has 4 aromatic rings. The van der Waals surface area contributed by atoms with Crippen LogP contribution in [-0.4, -0.2) is 26.7 Å². The number of carbonyl (C=O) groups is 1. The molecule has 0 aliphatic heterocycles. The fourth-order valence-corrected chi connectivity index (χ4v) is 5.31. The van der Waals surface area contributed by atoms with E-state index in [1.165, 1.54) is 29.2 Å². The van der Waals surface area contributed by atoms with Crippen molar-refractivity contribution in [1.29, 1.82) is 0 Å². The highest BCUT2D eigenvalue weighted by molar-refractivity contribution is 7.99. The zero-order valence-electron chi connectivity index (χ0n) is 20.0. The molecule has 37 heavy (non-hydrogen) atoms. The Bertz CT molecular complexity index is 1460. The molecular weight excluding hydrogens is 528 g/mol. The van der Waals surface area contributed by atoms with E-state index in [4.69, 9.17) is 16.3 Å². The lowest BCUT2D eigenvalue weighted by Crippen LogP contribution is -2.14. The summed E-state index contributed by atoms with van der Waals surface area (Å²) in [6.07, 6.45) is 0. The Morgan fingerprint density at radius 2 is 1.57 bits per heavy atom. The van der Waals surface area contributed by atoms with Crippen LogP contribution < -0.4 is 14.8 Å². The molecule has 1 amide bonds. The summed E-state index contributed by atoms with van der Waals surface area (Å²) in [5.74, 6) is 1.18. The fraction of sp³-hybridized carbons (Fsp3) is 0.107. The lowest BCUT2D eigenvalue weighted by molar-refractivity contribution is 0.102. The second kappa shape index (κ2) is 12.2. The van der Waals surface area contributed by atoms with Gasteiger partial charge in [-0.3, -0.25) is 9.52 Å². The maximum Gasteiger partial charge on any atom is 0.261 e. The zero-order valence-corrected chi connectivity index (χ0v) is 22.4. The highest BCUT2D eigenvalue weighted by Crippen LogP contribution is 2.24. The van der Waals surface area contributed by atoms with Gasteiger partial charge in [0.25, 0.3) is 15.9 Å². The molecule has 6 nitrogen and oxygen atoms in total. The topological polar surface area (TPSA) is 84.5 Å².